The molecule has 0 amide bonds. The maximum Gasteiger partial charge on any atom is 0.124 e. The van der Waals surface area contributed by atoms with Crippen LogP contribution in [0.5, 0.6) is 0 Å². The van der Waals surface area contributed by atoms with Gasteiger partial charge in [-0.2, -0.15) is 0 Å². The van der Waals surface area contributed by atoms with Gasteiger partial charge in [-0.1, -0.05) is 11.6 Å². The first kappa shape index (κ1) is 11.7. The quantitative estimate of drug-likeness (QED) is 0.876. The fraction of sp³-hybridized carbons (Fsp3) is 0.500. The Balaban J connectivity index is 2.08. The van der Waals surface area contributed by atoms with E-state index in [1.54, 1.807) is 6.07 Å². The van der Waals surface area contributed by atoms with Crippen LogP contribution >= 0.6 is 11.6 Å². The van der Waals surface area contributed by atoms with Crippen LogP contribution in [-0.2, 0) is 0 Å². The second-order valence-electron chi connectivity index (χ2n) is 4.25. The van der Waals surface area contributed by atoms with E-state index >= 15 is 0 Å². The van der Waals surface area contributed by atoms with Gasteiger partial charge in [-0.05, 0) is 44.1 Å². The number of hydrogen-bond acceptors (Lipinski definition) is 2. The fourth-order valence-corrected chi connectivity index (χ4v) is 2.53. The lowest BCUT2D eigenvalue weighted by molar-refractivity contribution is 0.549. The molecule has 1 aliphatic heterocycles. The topological polar surface area (TPSA) is 15.3 Å². The number of nitrogens with one attached hydrogen (secondary N) is 1. The molecule has 16 heavy (non-hydrogen) atoms. The van der Waals surface area contributed by atoms with E-state index in [1.807, 2.05) is 7.05 Å². The lowest BCUT2D eigenvalue weighted by atomic mass is 10.1. The van der Waals surface area contributed by atoms with Gasteiger partial charge in [0.1, 0.15) is 5.82 Å². The zero-order chi connectivity index (χ0) is 11.5. The zero-order valence-corrected chi connectivity index (χ0v) is 10.1. The molecule has 0 bridgehead atoms. The van der Waals surface area contributed by atoms with Crippen molar-refractivity contribution in [2.24, 2.45) is 5.92 Å². The predicted octanol–water partition coefficient (Wildman–Crippen LogP) is 2.52. The Morgan fingerprint density at radius 1 is 1.56 bits per heavy atom. The van der Waals surface area contributed by atoms with E-state index in [0.717, 1.165) is 31.7 Å². The van der Waals surface area contributed by atoms with Crippen LogP contribution in [0.2, 0.25) is 5.02 Å². The molecule has 1 heterocycles. The third-order valence-corrected chi connectivity index (χ3v) is 3.33. The normalized spacial score (nSPS) is 20.4. The van der Waals surface area contributed by atoms with Crippen molar-refractivity contribution >= 4 is 17.3 Å². The summed E-state index contributed by atoms with van der Waals surface area (Å²) in [5.41, 5.74) is 0.946. The number of anilines is 1. The summed E-state index contributed by atoms with van der Waals surface area (Å²) in [6.45, 7) is 3.01. The van der Waals surface area contributed by atoms with Gasteiger partial charge in [0.2, 0.25) is 0 Å². The van der Waals surface area contributed by atoms with Crippen molar-refractivity contribution in [2.45, 2.75) is 6.42 Å². The number of benzene rings is 1. The van der Waals surface area contributed by atoms with E-state index in [1.165, 1.54) is 12.1 Å². The Morgan fingerprint density at radius 2 is 2.38 bits per heavy atom. The van der Waals surface area contributed by atoms with E-state index in [4.69, 9.17) is 11.6 Å². The monoisotopic (exact) mass is 242 g/mol. The molecule has 1 atom stereocenters. The van der Waals surface area contributed by atoms with Gasteiger partial charge in [0.05, 0.1) is 10.7 Å². The molecular formula is C12H16ClFN2. The molecule has 1 saturated heterocycles. The van der Waals surface area contributed by atoms with Crippen molar-refractivity contribution in [3.63, 3.8) is 0 Å². The van der Waals surface area contributed by atoms with E-state index in [-0.39, 0.29) is 5.82 Å². The Bertz CT molecular complexity index is 370. The molecule has 1 aliphatic rings. The second-order valence-corrected chi connectivity index (χ2v) is 4.66. The number of hydrogen-bond donors (Lipinski definition) is 1. The molecule has 1 N–H and O–H groups in total. The molecule has 88 valence electrons. The van der Waals surface area contributed by atoms with Gasteiger partial charge in [-0.15, -0.1) is 0 Å². The SMILES string of the molecule is CNCC1CCN(c2ccc(F)cc2Cl)C1. The molecule has 0 aliphatic carbocycles. The van der Waals surface area contributed by atoms with E-state index in [2.05, 4.69) is 10.2 Å². The van der Waals surface area contributed by atoms with Crippen LogP contribution in [0.15, 0.2) is 18.2 Å². The molecule has 1 aromatic carbocycles. The minimum atomic E-state index is -0.278. The highest BCUT2D eigenvalue weighted by atomic mass is 35.5. The second kappa shape index (κ2) is 5.02. The summed E-state index contributed by atoms with van der Waals surface area (Å²) >= 11 is 6.04. The van der Waals surface area contributed by atoms with Crippen LogP contribution in [-0.4, -0.2) is 26.7 Å². The average Bonchev–Trinajstić information content (AvgIpc) is 2.67. The molecule has 2 rings (SSSR count). The van der Waals surface area contributed by atoms with Gasteiger partial charge < -0.3 is 10.2 Å². The van der Waals surface area contributed by atoms with Gasteiger partial charge >= 0.3 is 0 Å². The van der Waals surface area contributed by atoms with Crippen LogP contribution in [0.25, 0.3) is 0 Å². The maximum absolute atomic E-state index is 12.9. The summed E-state index contributed by atoms with van der Waals surface area (Å²) in [5, 5.41) is 3.69. The number of halogens is 2. The molecule has 1 aromatic rings. The lowest BCUT2D eigenvalue weighted by Gasteiger charge is -2.20. The van der Waals surface area contributed by atoms with Gasteiger partial charge in [0.25, 0.3) is 0 Å². The van der Waals surface area contributed by atoms with Crippen LogP contribution in [0.4, 0.5) is 10.1 Å². The summed E-state index contributed by atoms with van der Waals surface area (Å²) in [4.78, 5) is 2.23. The predicted molar refractivity (Wildman–Crippen MR) is 65.7 cm³/mol. The first-order chi connectivity index (χ1) is 7.70. The molecule has 0 aromatic heterocycles. The minimum Gasteiger partial charge on any atom is -0.370 e. The summed E-state index contributed by atoms with van der Waals surface area (Å²) in [6.07, 6.45) is 1.16. The highest BCUT2D eigenvalue weighted by Crippen LogP contribution is 2.30. The van der Waals surface area contributed by atoms with Gasteiger partial charge in [0.15, 0.2) is 0 Å². The average molecular weight is 243 g/mol. The van der Waals surface area contributed by atoms with Crippen molar-refractivity contribution in [2.75, 3.05) is 31.6 Å². The lowest BCUT2D eigenvalue weighted by Crippen LogP contribution is -2.24. The third-order valence-electron chi connectivity index (χ3n) is 3.03. The smallest absolute Gasteiger partial charge is 0.124 e. The molecule has 0 radical (unpaired) electrons. The van der Waals surface area contributed by atoms with Crippen LogP contribution in [0.1, 0.15) is 6.42 Å². The first-order valence-corrected chi connectivity index (χ1v) is 5.93. The summed E-state index contributed by atoms with van der Waals surface area (Å²) < 4.78 is 12.9. The number of rotatable bonds is 3. The van der Waals surface area contributed by atoms with Crippen LogP contribution < -0.4 is 10.2 Å². The highest BCUT2D eigenvalue weighted by Gasteiger charge is 2.23. The van der Waals surface area contributed by atoms with Gasteiger partial charge in [0, 0.05) is 13.1 Å². The maximum atomic E-state index is 12.9. The van der Waals surface area contributed by atoms with Crippen molar-refractivity contribution < 1.29 is 4.39 Å². The molecule has 0 spiro atoms. The van der Waals surface area contributed by atoms with Crippen molar-refractivity contribution in [1.82, 2.24) is 5.32 Å². The highest BCUT2D eigenvalue weighted by molar-refractivity contribution is 6.33. The Kier molecular flexibility index (Phi) is 3.66. The molecule has 4 heteroatoms. The standard InChI is InChI=1S/C12H16ClFN2/c1-15-7-9-4-5-16(8-9)12-3-2-10(14)6-11(12)13/h2-3,6,9,15H,4-5,7-8H2,1H3. The van der Waals surface area contributed by atoms with E-state index in [0.29, 0.717) is 10.9 Å². The fourth-order valence-electron chi connectivity index (χ4n) is 2.24. The summed E-state index contributed by atoms with van der Waals surface area (Å²) in [5.74, 6) is 0.380. The number of nitrogens with zero attached hydrogens (tertiary/aromatic N) is 1. The Labute approximate surface area is 100 Å². The largest absolute Gasteiger partial charge is 0.370 e. The molecule has 1 unspecified atom stereocenters. The van der Waals surface area contributed by atoms with E-state index < -0.39 is 0 Å². The molecule has 2 nitrogen and oxygen atoms in total. The summed E-state index contributed by atoms with van der Waals surface area (Å²) in [7, 11) is 1.97. The molecule has 1 fully saturated rings. The Hall–Kier alpha value is -0.800. The summed E-state index contributed by atoms with van der Waals surface area (Å²) in [6, 6.07) is 4.61. The molecule has 0 saturated carbocycles. The van der Waals surface area contributed by atoms with E-state index in [9.17, 15) is 4.39 Å². The van der Waals surface area contributed by atoms with Gasteiger partial charge in [-0.25, -0.2) is 4.39 Å². The zero-order valence-electron chi connectivity index (χ0n) is 9.34. The van der Waals surface area contributed by atoms with Crippen LogP contribution in [0.3, 0.4) is 0 Å². The van der Waals surface area contributed by atoms with Crippen molar-refractivity contribution in [1.29, 1.82) is 0 Å². The third kappa shape index (κ3) is 2.47. The van der Waals surface area contributed by atoms with Gasteiger partial charge in [-0.3, -0.25) is 0 Å². The first-order valence-electron chi connectivity index (χ1n) is 5.55. The van der Waals surface area contributed by atoms with Crippen LogP contribution in [0, 0.1) is 11.7 Å². The van der Waals surface area contributed by atoms with Crippen molar-refractivity contribution in [3.8, 4) is 0 Å². The van der Waals surface area contributed by atoms with Crippen molar-refractivity contribution in [3.05, 3.63) is 29.0 Å². The molecular weight excluding hydrogens is 227 g/mol. The minimum absolute atomic E-state index is 0.278. The Morgan fingerprint density at radius 3 is 3.06 bits per heavy atom.